The van der Waals surface area contributed by atoms with Crippen LogP contribution >= 0.6 is 11.8 Å². The first-order chi connectivity index (χ1) is 14.8. The molecule has 0 spiro atoms. The molecule has 0 radical (unpaired) electrons. The van der Waals surface area contributed by atoms with Gasteiger partial charge >= 0.3 is 0 Å². The van der Waals surface area contributed by atoms with Gasteiger partial charge in [-0.2, -0.15) is 11.8 Å². The number of hydrogen-bond donors (Lipinski definition) is 2. The van der Waals surface area contributed by atoms with E-state index in [1.807, 2.05) is 54.8 Å². The van der Waals surface area contributed by atoms with E-state index < -0.39 is 6.04 Å². The Morgan fingerprint density at radius 1 is 1.03 bits per heavy atom. The molecule has 168 valence electrons. The molecule has 0 aliphatic rings. The standard InChI is InChI=1S/C25H34N2O3S/c1-25(2,3)21-12-10-18(11-13-21)23(28)27-22(14-15-31-5)24(29)26-16-19-8-6-7-9-20(19)17-30-4/h6-13,22H,14-17H2,1-5H3,(H,26,29)(H,27,28)/t22-/m0/s1. The Balaban J connectivity index is 2.05. The molecule has 2 rings (SSSR count). The van der Waals surface area contributed by atoms with E-state index in [0.717, 1.165) is 22.4 Å². The Hall–Kier alpha value is -2.31. The Labute approximate surface area is 190 Å². The van der Waals surface area contributed by atoms with Crippen molar-refractivity contribution in [2.45, 2.75) is 51.8 Å². The largest absolute Gasteiger partial charge is 0.380 e. The molecule has 0 bridgehead atoms. The summed E-state index contributed by atoms with van der Waals surface area (Å²) >= 11 is 1.65. The van der Waals surface area contributed by atoms with Crippen LogP contribution in [0.3, 0.4) is 0 Å². The van der Waals surface area contributed by atoms with Gasteiger partial charge in [0, 0.05) is 19.2 Å². The van der Waals surface area contributed by atoms with Gasteiger partial charge in [0.2, 0.25) is 5.91 Å². The van der Waals surface area contributed by atoms with Gasteiger partial charge in [0.05, 0.1) is 6.61 Å². The third kappa shape index (κ3) is 7.71. The Morgan fingerprint density at radius 3 is 2.26 bits per heavy atom. The second kappa shape index (κ2) is 11.9. The number of benzene rings is 2. The summed E-state index contributed by atoms with van der Waals surface area (Å²) < 4.78 is 5.23. The molecule has 0 fully saturated rings. The van der Waals surface area contributed by atoms with Crippen LogP contribution in [0.5, 0.6) is 0 Å². The molecule has 0 aliphatic heterocycles. The van der Waals surface area contributed by atoms with E-state index in [4.69, 9.17) is 4.74 Å². The number of ether oxygens (including phenoxy) is 1. The SMILES string of the molecule is COCc1ccccc1CNC(=O)[C@H](CCSC)NC(=O)c1ccc(C(C)(C)C)cc1. The number of carbonyl (C=O) groups excluding carboxylic acids is 2. The lowest BCUT2D eigenvalue weighted by molar-refractivity contribution is -0.123. The zero-order valence-corrected chi connectivity index (χ0v) is 20.0. The summed E-state index contributed by atoms with van der Waals surface area (Å²) in [5.74, 6) is 0.365. The summed E-state index contributed by atoms with van der Waals surface area (Å²) in [5.41, 5.74) is 3.78. The van der Waals surface area contributed by atoms with Gasteiger partial charge in [-0.15, -0.1) is 0 Å². The first-order valence-corrected chi connectivity index (χ1v) is 11.9. The lowest BCUT2D eigenvalue weighted by Crippen LogP contribution is -2.47. The average molecular weight is 443 g/mol. The number of rotatable bonds is 10. The van der Waals surface area contributed by atoms with Gasteiger partial charge in [0.15, 0.2) is 0 Å². The van der Waals surface area contributed by atoms with Crippen LogP contribution in [0.25, 0.3) is 0 Å². The lowest BCUT2D eigenvalue weighted by Gasteiger charge is -2.20. The number of hydrogen-bond acceptors (Lipinski definition) is 4. The molecule has 6 heteroatoms. The minimum atomic E-state index is -0.586. The van der Waals surface area contributed by atoms with Crippen LogP contribution in [0.2, 0.25) is 0 Å². The zero-order chi connectivity index (χ0) is 22.9. The maximum Gasteiger partial charge on any atom is 0.251 e. The molecule has 0 heterocycles. The number of nitrogens with one attached hydrogen (secondary N) is 2. The van der Waals surface area contributed by atoms with Gasteiger partial charge in [-0.25, -0.2) is 0 Å². The molecule has 5 nitrogen and oxygen atoms in total. The Morgan fingerprint density at radius 2 is 1.68 bits per heavy atom. The van der Waals surface area contributed by atoms with E-state index in [9.17, 15) is 9.59 Å². The minimum Gasteiger partial charge on any atom is -0.380 e. The molecule has 2 aromatic rings. The van der Waals surface area contributed by atoms with Gasteiger partial charge in [-0.3, -0.25) is 9.59 Å². The quantitative estimate of drug-likeness (QED) is 0.576. The number of carbonyl (C=O) groups is 2. The van der Waals surface area contributed by atoms with Crippen LogP contribution in [0.1, 0.15) is 54.2 Å². The second-order valence-electron chi connectivity index (χ2n) is 8.55. The van der Waals surface area contributed by atoms with Gasteiger partial charge in [0.25, 0.3) is 5.91 Å². The topological polar surface area (TPSA) is 67.4 Å². The van der Waals surface area contributed by atoms with Crippen molar-refractivity contribution in [1.82, 2.24) is 10.6 Å². The fourth-order valence-corrected chi connectivity index (χ4v) is 3.67. The molecule has 1 atom stereocenters. The summed E-state index contributed by atoms with van der Waals surface area (Å²) in [5, 5.41) is 5.89. The van der Waals surface area contributed by atoms with Crippen LogP contribution < -0.4 is 10.6 Å². The van der Waals surface area contributed by atoms with Crippen molar-refractivity contribution >= 4 is 23.6 Å². The van der Waals surface area contributed by atoms with E-state index in [0.29, 0.717) is 25.1 Å². The Kier molecular flexibility index (Phi) is 9.59. The smallest absolute Gasteiger partial charge is 0.251 e. The third-order valence-corrected chi connectivity index (χ3v) is 5.76. The molecular formula is C25H34N2O3S. The first-order valence-electron chi connectivity index (χ1n) is 10.5. The van der Waals surface area contributed by atoms with Crippen molar-refractivity contribution in [1.29, 1.82) is 0 Å². The molecule has 2 aromatic carbocycles. The van der Waals surface area contributed by atoms with Crippen molar-refractivity contribution in [3.63, 3.8) is 0 Å². The van der Waals surface area contributed by atoms with Gasteiger partial charge < -0.3 is 15.4 Å². The van der Waals surface area contributed by atoms with Crippen molar-refractivity contribution < 1.29 is 14.3 Å². The highest BCUT2D eigenvalue weighted by atomic mass is 32.2. The summed E-state index contributed by atoms with van der Waals surface area (Å²) in [6.45, 7) is 7.29. The summed E-state index contributed by atoms with van der Waals surface area (Å²) in [6, 6.07) is 14.8. The van der Waals surface area contributed by atoms with Gasteiger partial charge in [-0.05, 0) is 52.7 Å². The van der Waals surface area contributed by atoms with Gasteiger partial charge in [0.1, 0.15) is 6.04 Å². The molecule has 2 amide bonds. The summed E-state index contributed by atoms with van der Waals surface area (Å²) in [6.07, 6.45) is 2.56. The molecule has 0 saturated carbocycles. The van der Waals surface area contributed by atoms with E-state index in [1.54, 1.807) is 18.9 Å². The first kappa shape index (κ1) is 25.0. The number of amides is 2. The minimum absolute atomic E-state index is 0.0227. The van der Waals surface area contributed by atoms with Crippen LogP contribution in [0.15, 0.2) is 48.5 Å². The van der Waals surface area contributed by atoms with Crippen molar-refractivity contribution in [3.05, 3.63) is 70.8 Å². The molecule has 0 aromatic heterocycles. The van der Waals surface area contributed by atoms with Crippen molar-refractivity contribution in [2.75, 3.05) is 19.1 Å². The predicted octanol–water partition coefficient (Wildman–Crippen LogP) is 4.30. The normalized spacial score (nSPS) is 12.3. The highest BCUT2D eigenvalue weighted by Gasteiger charge is 2.22. The van der Waals surface area contributed by atoms with E-state index in [-0.39, 0.29) is 17.2 Å². The van der Waals surface area contributed by atoms with Crippen LogP contribution in [0, 0.1) is 0 Å². The van der Waals surface area contributed by atoms with E-state index >= 15 is 0 Å². The fraction of sp³-hybridized carbons (Fsp3) is 0.440. The monoisotopic (exact) mass is 442 g/mol. The molecule has 2 N–H and O–H groups in total. The molecule has 0 aliphatic carbocycles. The number of thioether (sulfide) groups is 1. The van der Waals surface area contributed by atoms with E-state index in [2.05, 4.69) is 31.4 Å². The summed E-state index contributed by atoms with van der Waals surface area (Å²) in [7, 11) is 1.65. The maximum atomic E-state index is 12.9. The molecule has 0 unspecified atom stereocenters. The van der Waals surface area contributed by atoms with Crippen LogP contribution in [-0.4, -0.2) is 37.0 Å². The summed E-state index contributed by atoms with van der Waals surface area (Å²) in [4.78, 5) is 25.7. The average Bonchev–Trinajstić information content (AvgIpc) is 2.75. The lowest BCUT2D eigenvalue weighted by atomic mass is 9.86. The molecular weight excluding hydrogens is 408 g/mol. The van der Waals surface area contributed by atoms with Crippen molar-refractivity contribution in [2.24, 2.45) is 0 Å². The van der Waals surface area contributed by atoms with Crippen LogP contribution in [0.4, 0.5) is 0 Å². The maximum absolute atomic E-state index is 12.9. The molecule has 31 heavy (non-hydrogen) atoms. The predicted molar refractivity (Wildman–Crippen MR) is 128 cm³/mol. The van der Waals surface area contributed by atoms with E-state index in [1.165, 1.54) is 0 Å². The number of methoxy groups -OCH3 is 1. The Bertz CT molecular complexity index is 860. The van der Waals surface area contributed by atoms with Gasteiger partial charge in [-0.1, -0.05) is 57.2 Å². The fourth-order valence-electron chi connectivity index (χ4n) is 3.20. The van der Waals surface area contributed by atoms with Crippen LogP contribution in [-0.2, 0) is 28.1 Å². The van der Waals surface area contributed by atoms with Crippen molar-refractivity contribution in [3.8, 4) is 0 Å². The molecule has 0 saturated heterocycles. The highest BCUT2D eigenvalue weighted by Crippen LogP contribution is 2.22. The zero-order valence-electron chi connectivity index (χ0n) is 19.2. The third-order valence-electron chi connectivity index (χ3n) is 5.12. The second-order valence-corrected chi connectivity index (χ2v) is 9.54. The highest BCUT2D eigenvalue weighted by molar-refractivity contribution is 7.98.